The number of carbonyl (C=O) groups excluding carboxylic acids is 1. The van der Waals surface area contributed by atoms with Crippen molar-refractivity contribution >= 4 is 15.9 Å². The Bertz CT molecular complexity index is 821. The van der Waals surface area contributed by atoms with Crippen LogP contribution in [0.5, 0.6) is 0 Å². The largest absolute Gasteiger partial charge is 0.337 e. The maximum Gasteiger partial charge on any atom is 0.256 e. The highest BCUT2D eigenvalue weighted by molar-refractivity contribution is 7.89. The van der Waals surface area contributed by atoms with Crippen molar-refractivity contribution in [2.75, 3.05) is 40.8 Å². The van der Waals surface area contributed by atoms with Crippen LogP contribution in [-0.4, -0.2) is 75.2 Å². The van der Waals surface area contributed by atoms with Crippen molar-refractivity contribution in [1.82, 2.24) is 14.1 Å². The summed E-state index contributed by atoms with van der Waals surface area (Å²) in [5.41, 5.74) is -0.178. The first-order valence-electron chi connectivity index (χ1n) is 10.8. The zero-order valence-corrected chi connectivity index (χ0v) is 19.7. The number of benzene rings is 1. The first-order valence-corrected chi connectivity index (χ1v) is 12.2. The second-order valence-corrected chi connectivity index (χ2v) is 10.8. The Kier molecular flexibility index (Phi) is 8.82. The number of likely N-dealkylation sites (N-methyl/N-ethyl adjacent to an activating group) is 1. The molecule has 30 heavy (non-hydrogen) atoms. The summed E-state index contributed by atoms with van der Waals surface area (Å²) >= 11 is 0. The van der Waals surface area contributed by atoms with Gasteiger partial charge in [-0.05, 0) is 64.9 Å². The summed E-state index contributed by atoms with van der Waals surface area (Å²) in [6.45, 7) is 5.24. The molecule has 0 aromatic heterocycles. The van der Waals surface area contributed by atoms with Crippen molar-refractivity contribution in [3.8, 4) is 0 Å². The van der Waals surface area contributed by atoms with Gasteiger partial charge in [-0.15, -0.1) is 0 Å². The fourth-order valence-electron chi connectivity index (χ4n) is 3.72. The van der Waals surface area contributed by atoms with Crippen LogP contribution in [0.15, 0.2) is 23.1 Å². The Morgan fingerprint density at radius 3 is 2.30 bits per heavy atom. The molecule has 6 nitrogen and oxygen atoms in total. The molecule has 1 saturated carbocycles. The van der Waals surface area contributed by atoms with Gasteiger partial charge in [0.2, 0.25) is 10.0 Å². The van der Waals surface area contributed by atoms with Gasteiger partial charge in [0.05, 0.1) is 10.5 Å². The Hall–Kier alpha value is -1.51. The summed E-state index contributed by atoms with van der Waals surface area (Å²) in [5, 5.41) is 0. The van der Waals surface area contributed by atoms with Crippen LogP contribution >= 0.6 is 0 Å². The minimum atomic E-state index is -3.80. The SMILES string of the molecule is CC(C)N(C)S(=O)(=O)c1ccc(F)c(C(=O)N(CCN(C)C)CC2CCCCC2)c1. The molecule has 0 spiro atoms. The third-order valence-corrected chi connectivity index (χ3v) is 7.91. The first kappa shape index (κ1) is 24.8. The van der Waals surface area contributed by atoms with Gasteiger partial charge < -0.3 is 9.80 Å². The van der Waals surface area contributed by atoms with E-state index < -0.39 is 21.7 Å². The number of hydrogen-bond acceptors (Lipinski definition) is 4. The van der Waals surface area contributed by atoms with E-state index in [9.17, 15) is 17.6 Å². The van der Waals surface area contributed by atoms with Crippen LogP contribution < -0.4 is 0 Å². The molecule has 0 N–H and O–H groups in total. The van der Waals surface area contributed by atoms with E-state index in [0.29, 0.717) is 25.6 Å². The van der Waals surface area contributed by atoms with E-state index in [1.165, 1.54) is 29.9 Å². The van der Waals surface area contributed by atoms with Crippen LogP contribution in [0.2, 0.25) is 0 Å². The lowest BCUT2D eigenvalue weighted by molar-refractivity contribution is 0.0696. The summed E-state index contributed by atoms with van der Waals surface area (Å²) in [6.07, 6.45) is 5.68. The van der Waals surface area contributed by atoms with Gasteiger partial charge in [0, 0.05) is 32.7 Å². The van der Waals surface area contributed by atoms with Crippen molar-refractivity contribution in [2.24, 2.45) is 5.92 Å². The highest BCUT2D eigenvalue weighted by Crippen LogP contribution is 2.26. The number of sulfonamides is 1. The molecule has 1 aliphatic rings. The van der Waals surface area contributed by atoms with E-state index in [1.54, 1.807) is 18.7 Å². The van der Waals surface area contributed by atoms with Gasteiger partial charge in [0.25, 0.3) is 5.91 Å². The summed E-state index contributed by atoms with van der Waals surface area (Å²) in [7, 11) is 1.54. The lowest BCUT2D eigenvalue weighted by Crippen LogP contribution is -2.40. The molecule has 0 radical (unpaired) electrons. The summed E-state index contributed by atoms with van der Waals surface area (Å²) in [6, 6.07) is 3.25. The molecule has 0 heterocycles. The minimum absolute atomic E-state index is 0.0614. The van der Waals surface area contributed by atoms with Crippen molar-refractivity contribution < 1.29 is 17.6 Å². The lowest BCUT2D eigenvalue weighted by Gasteiger charge is -2.31. The van der Waals surface area contributed by atoms with E-state index in [4.69, 9.17) is 0 Å². The number of nitrogens with zero attached hydrogens (tertiary/aromatic N) is 3. The minimum Gasteiger partial charge on any atom is -0.337 e. The third kappa shape index (κ3) is 6.25. The molecule has 0 unspecified atom stereocenters. The maximum absolute atomic E-state index is 14.6. The fourth-order valence-corrected chi connectivity index (χ4v) is 5.12. The smallest absolute Gasteiger partial charge is 0.256 e. The number of halogens is 1. The van der Waals surface area contributed by atoms with E-state index in [1.807, 2.05) is 19.0 Å². The monoisotopic (exact) mass is 441 g/mol. The molecule has 2 rings (SSSR count). The second-order valence-electron chi connectivity index (χ2n) is 8.82. The molecule has 0 aliphatic heterocycles. The zero-order chi connectivity index (χ0) is 22.5. The molecule has 8 heteroatoms. The van der Waals surface area contributed by atoms with Gasteiger partial charge in [-0.25, -0.2) is 12.8 Å². The standard InChI is InChI=1S/C22H36FN3O3S/c1-17(2)25(5)30(28,29)19-11-12-21(23)20(15-19)22(27)26(14-13-24(3)4)16-18-9-7-6-8-10-18/h11-12,15,17-18H,6-10,13-14,16H2,1-5H3. The average molecular weight is 442 g/mol. The topological polar surface area (TPSA) is 60.9 Å². The molecule has 0 atom stereocenters. The van der Waals surface area contributed by atoms with E-state index in [0.717, 1.165) is 31.7 Å². The molecule has 0 bridgehead atoms. The molecule has 170 valence electrons. The molecule has 1 aromatic carbocycles. The van der Waals surface area contributed by atoms with Gasteiger partial charge in [-0.1, -0.05) is 19.3 Å². The highest BCUT2D eigenvalue weighted by atomic mass is 32.2. The lowest BCUT2D eigenvalue weighted by atomic mass is 9.89. The molecule has 1 aromatic rings. The number of rotatable bonds is 9. The van der Waals surface area contributed by atoms with Crippen molar-refractivity contribution in [2.45, 2.75) is 56.9 Å². The molecule has 0 saturated heterocycles. The van der Waals surface area contributed by atoms with Crippen LogP contribution in [0, 0.1) is 11.7 Å². The van der Waals surface area contributed by atoms with Crippen molar-refractivity contribution in [1.29, 1.82) is 0 Å². The molecule has 1 fully saturated rings. The fraction of sp³-hybridized carbons (Fsp3) is 0.682. The van der Waals surface area contributed by atoms with Crippen LogP contribution in [0.4, 0.5) is 4.39 Å². The van der Waals surface area contributed by atoms with Gasteiger partial charge >= 0.3 is 0 Å². The van der Waals surface area contributed by atoms with Gasteiger partial charge in [-0.2, -0.15) is 4.31 Å². The van der Waals surface area contributed by atoms with Crippen molar-refractivity contribution in [3.05, 3.63) is 29.6 Å². The second kappa shape index (κ2) is 10.7. The van der Waals surface area contributed by atoms with Crippen LogP contribution in [0.3, 0.4) is 0 Å². The van der Waals surface area contributed by atoms with Crippen LogP contribution in [-0.2, 0) is 10.0 Å². The average Bonchev–Trinajstić information content (AvgIpc) is 2.70. The quantitative estimate of drug-likeness (QED) is 0.589. The van der Waals surface area contributed by atoms with E-state index in [2.05, 4.69) is 0 Å². The Balaban J connectivity index is 2.33. The number of hydrogen-bond donors (Lipinski definition) is 0. The maximum atomic E-state index is 14.6. The van der Waals surface area contributed by atoms with E-state index >= 15 is 0 Å². The molecular weight excluding hydrogens is 405 g/mol. The Morgan fingerprint density at radius 2 is 1.73 bits per heavy atom. The predicted molar refractivity (Wildman–Crippen MR) is 118 cm³/mol. The Morgan fingerprint density at radius 1 is 1.10 bits per heavy atom. The van der Waals surface area contributed by atoms with Crippen LogP contribution in [0.25, 0.3) is 0 Å². The van der Waals surface area contributed by atoms with Gasteiger partial charge in [-0.3, -0.25) is 4.79 Å². The first-order chi connectivity index (χ1) is 14.0. The molecule has 1 amide bonds. The highest BCUT2D eigenvalue weighted by Gasteiger charge is 2.28. The number of carbonyl (C=O) groups is 1. The van der Waals surface area contributed by atoms with E-state index in [-0.39, 0.29) is 16.5 Å². The zero-order valence-electron chi connectivity index (χ0n) is 18.9. The summed E-state index contributed by atoms with van der Waals surface area (Å²) in [5.74, 6) is -0.722. The normalized spacial score (nSPS) is 15.9. The third-order valence-electron chi connectivity index (χ3n) is 5.88. The van der Waals surface area contributed by atoms with Crippen molar-refractivity contribution in [3.63, 3.8) is 0 Å². The van der Waals surface area contributed by atoms with Crippen LogP contribution in [0.1, 0.15) is 56.3 Å². The summed E-state index contributed by atoms with van der Waals surface area (Å²) in [4.78, 5) is 16.9. The van der Waals surface area contributed by atoms with Gasteiger partial charge in [0.1, 0.15) is 5.82 Å². The molecular formula is C22H36FN3O3S. The summed E-state index contributed by atoms with van der Waals surface area (Å²) < 4.78 is 41.5. The molecule has 1 aliphatic carbocycles. The van der Waals surface area contributed by atoms with Gasteiger partial charge in [0.15, 0.2) is 0 Å². The number of amides is 1. The predicted octanol–water partition coefficient (Wildman–Crippen LogP) is 3.44. The Labute approximate surface area is 181 Å².